The Hall–Kier alpha value is -2.44. The first-order valence-electron chi connectivity index (χ1n) is 7.59. The van der Waals surface area contributed by atoms with Gasteiger partial charge in [0.15, 0.2) is 5.43 Å². The quantitative estimate of drug-likeness (QED) is 0.530. The molecule has 0 aliphatic carbocycles. The van der Waals surface area contributed by atoms with Crippen molar-refractivity contribution in [2.24, 2.45) is 0 Å². The van der Waals surface area contributed by atoms with Crippen molar-refractivity contribution < 1.29 is 19.7 Å². The number of aliphatic hydroxyl groups is 1. The molecule has 24 heavy (non-hydrogen) atoms. The fourth-order valence-corrected chi connectivity index (χ4v) is 3.76. The van der Waals surface area contributed by atoms with Gasteiger partial charge in [0.2, 0.25) is 0 Å². The number of aromatic carboxylic acids is 1. The van der Waals surface area contributed by atoms with Gasteiger partial charge in [-0.25, -0.2) is 4.79 Å². The molecule has 0 bridgehead atoms. The van der Waals surface area contributed by atoms with Crippen molar-refractivity contribution in [3.8, 4) is 5.75 Å². The lowest BCUT2D eigenvalue weighted by Crippen LogP contribution is -2.08. The third-order valence-electron chi connectivity index (χ3n) is 3.73. The Morgan fingerprint density at radius 3 is 2.67 bits per heavy atom. The van der Waals surface area contributed by atoms with Crippen molar-refractivity contribution in [2.75, 3.05) is 13.2 Å². The average molecular weight is 344 g/mol. The van der Waals surface area contributed by atoms with Crippen molar-refractivity contribution in [1.29, 1.82) is 0 Å². The predicted octanol–water partition coefficient (Wildman–Crippen LogP) is 3.26. The molecule has 5 nitrogen and oxygen atoms in total. The summed E-state index contributed by atoms with van der Waals surface area (Å²) in [4.78, 5) is 24.4. The van der Waals surface area contributed by atoms with Gasteiger partial charge < -0.3 is 14.9 Å². The van der Waals surface area contributed by atoms with Crippen molar-refractivity contribution in [3.05, 3.63) is 52.2 Å². The highest BCUT2D eigenvalue weighted by molar-refractivity contribution is 7.25. The van der Waals surface area contributed by atoms with Crippen LogP contribution in [0.15, 0.2) is 41.2 Å². The van der Waals surface area contributed by atoms with Gasteiger partial charge in [-0.2, -0.15) is 0 Å². The number of rotatable bonds is 6. The first kappa shape index (κ1) is 16.4. The van der Waals surface area contributed by atoms with E-state index in [-0.39, 0.29) is 17.6 Å². The van der Waals surface area contributed by atoms with Crippen LogP contribution in [0.2, 0.25) is 0 Å². The van der Waals surface area contributed by atoms with Crippen molar-refractivity contribution >= 4 is 37.5 Å². The van der Waals surface area contributed by atoms with E-state index in [9.17, 15) is 14.7 Å². The van der Waals surface area contributed by atoms with Crippen LogP contribution in [-0.2, 0) is 0 Å². The zero-order valence-electron chi connectivity index (χ0n) is 12.8. The summed E-state index contributed by atoms with van der Waals surface area (Å²) in [5, 5.41) is 19.1. The number of hydrogen-bond acceptors (Lipinski definition) is 5. The fraction of sp³-hybridized carbons (Fsp3) is 0.222. The summed E-state index contributed by atoms with van der Waals surface area (Å²) in [7, 11) is 0. The molecule has 0 saturated carbocycles. The Balaban J connectivity index is 2.22. The van der Waals surface area contributed by atoms with Gasteiger partial charge in [0.1, 0.15) is 5.75 Å². The molecule has 0 spiro atoms. The third-order valence-corrected chi connectivity index (χ3v) is 4.93. The van der Waals surface area contributed by atoms with Crippen LogP contribution in [0.3, 0.4) is 0 Å². The minimum absolute atomic E-state index is 0.0849. The lowest BCUT2D eigenvalue weighted by atomic mass is 10.1. The molecule has 1 aromatic heterocycles. The van der Waals surface area contributed by atoms with Crippen LogP contribution in [0.25, 0.3) is 20.2 Å². The van der Waals surface area contributed by atoms with Crippen molar-refractivity contribution in [1.82, 2.24) is 0 Å². The predicted molar refractivity (Wildman–Crippen MR) is 94.4 cm³/mol. The minimum atomic E-state index is -1.07. The lowest BCUT2D eigenvalue weighted by molar-refractivity contribution is 0.0699. The number of unbranched alkanes of at least 4 members (excludes halogenated alkanes) is 1. The molecule has 1 heterocycles. The van der Waals surface area contributed by atoms with Gasteiger partial charge in [-0.15, -0.1) is 11.3 Å². The average Bonchev–Trinajstić information content (AvgIpc) is 2.58. The molecule has 2 N–H and O–H groups in total. The van der Waals surface area contributed by atoms with Crippen molar-refractivity contribution in [2.45, 2.75) is 12.8 Å². The van der Waals surface area contributed by atoms with Gasteiger partial charge >= 0.3 is 5.97 Å². The number of benzene rings is 2. The zero-order valence-corrected chi connectivity index (χ0v) is 13.6. The summed E-state index contributed by atoms with van der Waals surface area (Å²) in [6.45, 7) is 0.445. The molecule has 0 atom stereocenters. The topological polar surface area (TPSA) is 83.8 Å². The number of carbonyl (C=O) groups is 1. The number of aliphatic hydroxyl groups excluding tert-OH is 1. The van der Waals surface area contributed by atoms with Crippen LogP contribution in [0, 0.1) is 0 Å². The van der Waals surface area contributed by atoms with E-state index in [1.165, 1.54) is 23.5 Å². The molecule has 6 heteroatoms. The maximum absolute atomic E-state index is 12.9. The molecular formula is C18H16O5S. The molecule has 0 amide bonds. The van der Waals surface area contributed by atoms with E-state index >= 15 is 0 Å². The van der Waals surface area contributed by atoms with E-state index in [1.54, 1.807) is 18.2 Å². The van der Waals surface area contributed by atoms with Crippen LogP contribution in [0.1, 0.15) is 23.2 Å². The molecule has 0 aliphatic heterocycles. The van der Waals surface area contributed by atoms with Crippen LogP contribution in [-0.4, -0.2) is 29.4 Å². The van der Waals surface area contributed by atoms with E-state index in [4.69, 9.17) is 9.84 Å². The molecule has 0 saturated heterocycles. The zero-order chi connectivity index (χ0) is 17.1. The van der Waals surface area contributed by atoms with Gasteiger partial charge in [-0.3, -0.25) is 4.79 Å². The number of carboxylic acids is 1. The smallest absolute Gasteiger partial charge is 0.337 e. The number of ether oxygens (including phenoxy) is 1. The highest BCUT2D eigenvalue weighted by Crippen LogP contribution is 2.33. The summed E-state index contributed by atoms with van der Waals surface area (Å²) in [5.41, 5.74) is -0.125. The second-order valence-electron chi connectivity index (χ2n) is 5.33. The Morgan fingerprint density at radius 2 is 1.92 bits per heavy atom. The van der Waals surface area contributed by atoms with Crippen LogP contribution >= 0.6 is 11.3 Å². The number of carboxylic acid groups (broad SMARTS) is 1. The van der Waals surface area contributed by atoms with E-state index in [0.717, 1.165) is 4.70 Å². The first-order chi connectivity index (χ1) is 11.6. The van der Waals surface area contributed by atoms with Gasteiger partial charge in [-0.1, -0.05) is 12.1 Å². The summed E-state index contributed by atoms with van der Waals surface area (Å²) >= 11 is 1.28. The standard InChI is InChI=1S/C18H16O5S/c19-9-3-4-10-23-13-8-7-12(18(21)22)17-15(13)16(20)11-5-1-2-6-14(11)24-17/h1-2,5-8,19H,3-4,9-10H2,(H,21,22). The molecule has 0 fully saturated rings. The Morgan fingerprint density at radius 1 is 1.12 bits per heavy atom. The Kier molecular flexibility index (Phi) is 4.78. The number of fused-ring (bicyclic) bond motifs is 2. The van der Waals surface area contributed by atoms with Crippen LogP contribution in [0.5, 0.6) is 5.75 Å². The second-order valence-corrected chi connectivity index (χ2v) is 6.38. The molecule has 124 valence electrons. The van der Waals surface area contributed by atoms with Gasteiger partial charge in [0.25, 0.3) is 0 Å². The minimum Gasteiger partial charge on any atom is -0.493 e. The molecule has 3 rings (SSSR count). The van der Waals surface area contributed by atoms with Gasteiger partial charge in [0, 0.05) is 16.7 Å². The molecular weight excluding hydrogens is 328 g/mol. The monoisotopic (exact) mass is 344 g/mol. The summed E-state index contributed by atoms with van der Waals surface area (Å²) < 4.78 is 6.86. The summed E-state index contributed by atoms with van der Waals surface area (Å²) in [6, 6.07) is 10.1. The summed E-state index contributed by atoms with van der Waals surface area (Å²) in [5.74, 6) is -0.683. The molecule has 0 radical (unpaired) electrons. The van der Waals surface area contributed by atoms with E-state index in [0.29, 0.717) is 40.7 Å². The lowest BCUT2D eigenvalue weighted by Gasteiger charge is -2.11. The molecule has 3 aromatic rings. The highest BCUT2D eigenvalue weighted by atomic mass is 32.1. The van der Waals surface area contributed by atoms with E-state index < -0.39 is 5.97 Å². The van der Waals surface area contributed by atoms with Crippen molar-refractivity contribution in [3.63, 3.8) is 0 Å². The molecule has 0 aliphatic rings. The van der Waals surface area contributed by atoms with E-state index in [1.807, 2.05) is 6.07 Å². The second kappa shape index (κ2) is 6.98. The maximum Gasteiger partial charge on any atom is 0.337 e. The normalized spacial score (nSPS) is 11.0. The number of hydrogen-bond donors (Lipinski definition) is 2. The van der Waals surface area contributed by atoms with E-state index in [2.05, 4.69) is 0 Å². The first-order valence-corrected chi connectivity index (χ1v) is 8.40. The third kappa shape index (κ3) is 2.98. The van der Waals surface area contributed by atoms with Crippen LogP contribution in [0.4, 0.5) is 0 Å². The van der Waals surface area contributed by atoms with Gasteiger partial charge in [0.05, 0.1) is 22.3 Å². The largest absolute Gasteiger partial charge is 0.493 e. The molecule has 2 aromatic carbocycles. The van der Waals surface area contributed by atoms with Crippen LogP contribution < -0.4 is 10.2 Å². The highest BCUT2D eigenvalue weighted by Gasteiger charge is 2.17. The Bertz CT molecular complexity index is 961. The summed E-state index contributed by atoms with van der Waals surface area (Å²) in [6.07, 6.45) is 1.27. The Labute approximate surface area is 141 Å². The molecule has 0 unspecified atom stereocenters. The SMILES string of the molecule is O=C(O)c1ccc(OCCCCO)c2c(=O)c3ccccc3sc12. The fourth-order valence-electron chi connectivity index (χ4n) is 2.56. The van der Waals surface area contributed by atoms with Gasteiger partial charge in [-0.05, 0) is 37.1 Å². The maximum atomic E-state index is 12.9.